The topological polar surface area (TPSA) is 107 Å². The molecule has 0 bridgehead atoms. The number of rotatable bonds is 5. The van der Waals surface area contributed by atoms with Gasteiger partial charge in [-0.05, 0) is 24.7 Å². The Morgan fingerprint density at radius 2 is 1.63 bits per heavy atom. The third kappa shape index (κ3) is 4.42. The lowest BCUT2D eigenvalue weighted by atomic mass is 9.98. The maximum absolute atomic E-state index is 11.9. The highest BCUT2D eigenvalue weighted by Crippen LogP contribution is 2.31. The minimum absolute atomic E-state index is 0.0208. The summed E-state index contributed by atoms with van der Waals surface area (Å²) in [7, 11) is 0. The van der Waals surface area contributed by atoms with Crippen LogP contribution >= 0.6 is 0 Å². The van der Waals surface area contributed by atoms with E-state index in [1.54, 1.807) is 0 Å². The molecule has 0 saturated heterocycles. The maximum atomic E-state index is 11.9. The van der Waals surface area contributed by atoms with Crippen LogP contribution in [0.25, 0.3) is 0 Å². The number of aliphatic carboxylic acids is 2. The van der Waals surface area contributed by atoms with E-state index in [4.69, 9.17) is 10.2 Å². The van der Waals surface area contributed by atoms with Gasteiger partial charge in [0.15, 0.2) is 0 Å². The van der Waals surface area contributed by atoms with Crippen molar-refractivity contribution in [2.45, 2.75) is 32.7 Å². The zero-order valence-electron chi connectivity index (χ0n) is 11.1. The van der Waals surface area contributed by atoms with Crippen molar-refractivity contribution in [1.29, 1.82) is 0 Å². The number of carbonyl (C=O) groups excluding carboxylic acids is 1. The molecular formula is C12H20N2O5. The number of hydrogen-bond acceptors (Lipinski definition) is 3. The third-order valence-electron chi connectivity index (χ3n) is 3.71. The highest BCUT2D eigenvalue weighted by Gasteiger charge is 2.32. The number of hydrogen-bond donors (Lipinski definition) is 3. The number of nitrogens with one attached hydrogen (secondary N) is 1. The smallest absolute Gasteiger partial charge is 0.323 e. The van der Waals surface area contributed by atoms with E-state index in [1.165, 1.54) is 0 Å². The van der Waals surface area contributed by atoms with Crippen molar-refractivity contribution in [2.75, 3.05) is 13.1 Å². The minimum Gasteiger partial charge on any atom is -0.480 e. The normalized spacial score (nSPS) is 25.9. The van der Waals surface area contributed by atoms with Crippen molar-refractivity contribution in [2.24, 2.45) is 11.8 Å². The summed E-state index contributed by atoms with van der Waals surface area (Å²) in [5, 5.41) is 20.1. The molecule has 0 radical (unpaired) electrons. The Bertz CT molecular complexity index is 355. The SMILES string of the molecule is CC1CCC(NC(=O)N(CC(=O)O)CC(=O)O)C1C. The van der Waals surface area contributed by atoms with Gasteiger partial charge in [-0.1, -0.05) is 13.8 Å². The number of urea groups is 1. The fraction of sp³-hybridized carbons (Fsp3) is 0.750. The largest absolute Gasteiger partial charge is 0.480 e. The number of nitrogens with zero attached hydrogens (tertiary/aromatic N) is 1. The zero-order chi connectivity index (χ0) is 14.6. The van der Waals surface area contributed by atoms with Gasteiger partial charge in [0.25, 0.3) is 0 Å². The van der Waals surface area contributed by atoms with E-state index >= 15 is 0 Å². The quantitative estimate of drug-likeness (QED) is 0.679. The molecule has 2 amide bonds. The van der Waals surface area contributed by atoms with Crippen LogP contribution in [-0.2, 0) is 9.59 Å². The average molecular weight is 272 g/mol. The molecule has 108 valence electrons. The minimum atomic E-state index is -1.23. The predicted octanol–water partition coefficient (Wildman–Crippen LogP) is 0.602. The van der Waals surface area contributed by atoms with E-state index < -0.39 is 31.1 Å². The van der Waals surface area contributed by atoms with Crippen LogP contribution in [0.4, 0.5) is 4.79 Å². The Labute approximate surface area is 111 Å². The molecule has 1 saturated carbocycles. The van der Waals surface area contributed by atoms with Crippen LogP contribution < -0.4 is 5.32 Å². The van der Waals surface area contributed by atoms with E-state index in [0.29, 0.717) is 11.8 Å². The lowest BCUT2D eigenvalue weighted by Gasteiger charge is -2.24. The van der Waals surface area contributed by atoms with E-state index in [0.717, 1.165) is 17.7 Å². The molecule has 0 aliphatic heterocycles. The summed E-state index contributed by atoms with van der Waals surface area (Å²) >= 11 is 0. The van der Waals surface area contributed by atoms with Gasteiger partial charge in [0, 0.05) is 6.04 Å². The van der Waals surface area contributed by atoms with E-state index in [2.05, 4.69) is 12.2 Å². The maximum Gasteiger partial charge on any atom is 0.323 e. The van der Waals surface area contributed by atoms with Gasteiger partial charge >= 0.3 is 18.0 Å². The van der Waals surface area contributed by atoms with E-state index in [9.17, 15) is 14.4 Å². The molecule has 1 rings (SSSR count). The molecule has 1 aliphatic rings. The molecule has 0 aromatic rings. The summed E-state index contributed by atoms with van der Waals surface area (Å²) in [5.74, 6) is -1.66. The van der Waals surface area contributed by atoms with Gasteiger partial charge in [-0.25, -0.2) is 4.79 Å². The number of carboxylic acid groups (broad SMARTS) is 2. The zero-order valence-corrected chi connectivity index (χ0v) is 11.1. The Morgan fingerprint density at radius 1 is 1.11 bits per heavy atom. The number of carbonyl (C=O) groups is 3. The first-order valence-corrected chi connectivity index (χ1v) is 6.30. The molecule has 1 aliphatic carbocycles. The second kappa shape index (κ2) is 6.40. The Balaban J connectivity index is 2.61. The van der Waals surface area contributed by atoms with Crippen molar-refractivity contribution in [3.63, 3.8) is 0 Å². The summed E-state index contributed by atoms with van der Waals surface area (Å²) < 4.78 is 0. The van der Waals surface area contributed by atoms with E-state index in [-0.39, 0.29) is 6.04 Å². The van der Waals surface area contributed by atoms with Gasteiger partial charge in [-0.3, -0.25) is 9.59 Å². The molecule has 7 nitrogen and oxygen atoms in total. The monoisotopic (exact) mass is 272 g/mol. The number of amides is 2. The van der Waals surface area contributed by atoms with Crippen LogP contribution in [0.2, 0.25) is 0 Å². The second-order valence-corrected chi connectivity index (χ2v) is 5.11. The Morgan fingerprint density at radius 3 is 2.00 bits per heavy atom. The van der Waals surface area contributed by atoms with Gasteiger partial charge in [0.1, 0.15) is 13.1 Å². The first-order chi connectivity index (χ1) is 8.81. The molecule has 0 spiro atoms. The molecule has 3 unspecified atom stereocenters. The van der Waals surface area contributed by atoms with E-state index in [1.807, 2.05) is 6.92 Å². The van der Waals surface area contributed by atoms with Gasteiger partial charge in [0.2, 0.25) is 0 Å². The Hall–Kier alpha value is -1.79. The summed E-state index contributed by atoms with van der Waals surface area (Å²) in [6.07, 6.45) is 1.84. The highest BCUT2D eigenvalue weighted by molar-refractivity contribution is 5.84. The van der Waals surface area contributed by atoms with Crippen LogP contribution in [0.15, 0.2) is 0 Å². The van der Waals surface area contributed by atoms with Crippen LogP contribution in [0, 0.1) is 11.8 Å². The first kappa shape index (κ1) is 15.3. The summed E-state index contributed by atoms with van der Waals surface area (Å²) in [5.41, 5.74) is 0. The lowest BCUT2D eigenvalue weighted by Crippen LogP contribution is -2.49. The fourth-order valence-electron chi connectivity index (χ4n) is 2.34. The number of carboxylic acids is 2. The molecule has 7 heteroatoms. The summed E-state index contributed by atoms with van der Waals surface area (Å²) in [6, 6.07) is -0.650. The second-order valence-electron chi connectivity index (χ2n) is 5.11. The van der Waals surface area contributed by atoms with Crippen molar-refractivity contribution in [3.05, 3.63) is 0 Å². The molecule has 19 heavy (non-hydrogen) atoms. The molecule has 0 aromatic heterocycles. The predicted molar refractivity (Wildman–Crippen MR) is 66.7 cm³/mol. The van der Waals surface area contributed by atoms with Crippen LogP contribution in [0.3, 0.4) is 0 Å². The van der Waals surface area contributed by atoms with Gasteiger partial charge < -0.3 is 20.4 Å². The molecule has 3 atom stereocenters. The molecule has 3 N–H and O–H groups in total. The first-order valence-electron chi connectivity index (χ1n) is 6.30. The third-order valence-corrected chi connectivity index (χ3v) is 3.71. The molecular weight excluding hydrogens is 252 g/mol. The van der Waals surface area contributed by atoms with Crippen molar-refractivity contribution >= 4 is 18.0 Å². The standard InChI is InChI=1S/C12H20N2O5/c1-7-3-4-9(8(7)2)13-12(19)14(5-10(15)16)6-11(17)18/h7-9H,3-6H2,1-2H3,(H,13,19)(H,15,16)(H,17,18). The van der Waals surface area contributed by atoms with Gasteiger partial charge in [-0.15, -0.1) is 0 Å². The van der Waals surface area contributed by atoms with Crippen LogP contribution in [-0.4, -0.2) is 52.2 Å². The van der Waals surface area contributed by atoms with Gasteiger partial charge in [-0.2, -0.15) is 0 Å². The van der Waals surface area contributed by atoms with Crippen LogP contribution in [0.1, 0.15) is 26.7 Å². The Kier molecular flexibility index (Phi) is 5.14. The van der Waals surface area contributed by atoms with Crippen molar-refractivity contribution < 1.29 is 24.6 Å². The molecule has 0 aromatic carbocycles. The molecule has 0 heterocycles. The lowest BCUT2D eigenvalue weighted by molar-refractivity contribution is -0.140. The van der Waals surface area contributed by atoms with Gasteiger partial charge in [0.05, 0.1) is 0 Å². The average Bonchev–Trinajstić information content (AvgIpc) is 2.59. The van der Waals surface area contributed by atoms with Crippen molar-refractivity contribution in [3.8, 4) is 0 Å². The van der Waals surface area contributed by atoms with Crippen LogP contribution in [0.5, 0.6) is 0 Å². The van der Waals surface area contributed by atoms with Crippen molar-refractivity contribution in [1.82, 2.24) is 10.2 Å². The summed E-state index contributed by atoms with van der Waals surface area (Å²) in [4.78, 5) is 34.0. The highest BCUT2D eigenvalue weighted by atomic mass is 16.4. The molecule has 1 fully saturated rings. The fourth-order valence-corrected chi connectivity index (χ4v) is 2.34. The summed E-state index contributed by atoms with van der Waals surface area (Å²) in [6.45, 7) is 2.90.